The molecule has 2 heterocycles. The number of aromatic amines is 1. The Morgan fingerprint density at radius 3 is 2.42 bits per heavy atom. The van der Waals surface area contributed by atoms with Gasteiger partial charge in [-0.3, -0.25) is 5.10 Å². The van der Waals surface area contributed by atoms with Gasteiger partial charge in [-0.25, -0.2) is 17.2 Å². The number of oxime groups is 1. The molecule has 1 aliphatic rings. The lowest BCUT2D eigenvalue weighted by Crippen LogP contribution is -2.24. The molecule has 0 aliphatic carbocycles. The van der Waals surface area contributed by atoms with Crippen LogP contribution in [0.15, 0.2) is 5.16 Å². The van der Waals surface area contributed by atoms with Crippen molar-refractivity contribution in [2.24, 2.45) is 5.16 Å². The Labute approximate surface area is 134 Å². The Balaban J connectivity index is 2.39. The first-order chi connectivity index (χ1) is 10.8. The van der Waals surface area contributed by atoms with E-state index in [0.717, 1.165) is 0 Å². The number of halogens is 5. The summed E-state index contributed by atoms with van der Waals surface area (Å²) in [5.41, 5.74) is -3.83. The van der Waals surface area contributed by atoms with E-state index in [4.69, 9.17) is 4.84 Å². The van der Waals surface area contributed by atoms with Gasteiger partial charge in [-0.2, -0.15) is 18.3 Å². The van der Waals surface area contributed by atoms with Crippen molar-refractivity contribution in [3.63, 3.8) is 0 Å². The van der Waals surface area contributed by atoms with E-state index in [1.165, 1.54) is 0 Å². The maximum absolute atomic E-state index is 13.0. The maximum atomic E-state index is 13.0. The predicted molar refractivity (Wildman–Crippen MR) is 73.1 cm³/mol. The molecule has 0 aromatic carbocycles. The van der Waals surface area contributed by atoms with Gasteiger partial charge in [0.05, 0.1) is 12.2 Å². The van der Waals surface area contributed by atoms with E-state index in [0.29, 0.717) is 0 Å². The summed E-state index contributed by atoms with van der Waals surface area (Å²) in [5, 5.41) is 7.78. The fraction of sp³-hybridized carbons (Fsp3) is 0.667. The number of hydrogen-bond acceptors (Lipinski definition) is 5. The van der Waals surface area contributed by atoms with Crippen molar-refractivity contribution in [3.8, 4) is 0 Å². The lowest BCUT2D eigenvalue weighted by atomic mass is 10.1. The Kier molecular flexibility index (Phi) is 4.63. The Morgan fingerprint density at radius 1 is 1.33 bits per heavy atom. The number of hydrogen-bond donors (Lipinski definition) is 1. The van der Waals surface area contributed by atoms with Gasteiger partial charge < -0.3 is 4.84 Å². The highest BCUT2D eigenvalue weighted by atomic mass is 32.2. The molecule has 1 aromatic rings. The van der Waals surface area contributed by atoms with E-state index in [1.807, 2.05) is 5.10 Å². The molecular formula is C12H14F5N3O3S. The van der Waals surface area contributed by atoms with Crippen LogP contribution in [0.25, 0.3) is 0 Å². The molecule has 0 fully saturated rings. The van der Waals surface area contributed by atoms with Crippen molar-refractivity contribution in [3.05, 3.63) is 17.0 Å². The molecule has 1 aliphatic heterocycles. The highest BCUT2D eigenvalue weighted by Crippen LogP contribution is 2.34. The summed E-state index contributed by atoms with van der Waals surface area (Å²) < 4.78 is 88.5. The van der Waals surface area contributed by atoms with Crippen LogP contribution in [0.1, 0.15) is 37.2 Å². The number of alkyl halides is 5. The van der Waals surface area contributed by atoms with Crippen molar-refractivity contribution >= 4 is 14.9 Å². The molecule has 0 bridgehead atoms. The molecular weight excluding hydrogens is 361 g/mol. The van der Waals surface area contributed by atoms with Gasteiger partial charge in [0.15, 0.2) is 20.6 Å². The number of rotatable bonds is 4. The normalized spacial score (nSPS) is 17.9. The lowest BCUT2D eigenvalue weighted by molar-refractivity contribution is -0.141. The Hall–Kier alpha value is -1.72. The lowest BCUT2D eigenvalue weighted by Gasteiger charge is -2.13. The molecule has 2 rings (SSSR count). The molecule has 0 saturated heterocycles. The van der Waals surface area contributed by atoms with Crippen LogP contribution >= 0.6 is 0 Å². The van der Waals surface area contributed by atoms with Crippen molar-refractivity contribution in [1.29, 1.82) is 0 Å². The van der Waals surface area contributed by atoms with Gasteiger partial charge >= 0.3 is 6.18 Å². The summed E-state index contributed by atoms with van der Waals surface area (Å²) in [6.45, 7) is 3.11. The number of aromatic nitrogens is 2. The second-order valence-corrected chi connectivity index (χ2v) is 7.88. The van der Waals surface area contributed by atoms with E-state index in [9.17, 15) is 30.4 Å². The summed E-state index contributed by atoms with van der Waals surface area (Å²) in [6, 6.07) is 0. The third-order valence-electron chi connectivity index (χ3n) is 3.24. The Bertz CT molecular complexity index is 752. The zero-order valence-electron chi connectivity index (χ0n) is 12.6. The molecule has 0 unspecified atom stereocenters. The van der Waals surface area contributed by atoms with Crippen LogP contribution in [0.5, 0.6) is 0 Å². The van der Waals surface area contributed by atoms with E-state index >= 15 is 0 Å². The molecule has 1 aromatic heterocycles. The average Bonchev–Trinajstić information content (AvgIpc) is 2.92. The van der Waals surface area contributed by atoms with E-state index in [1.54, 1.807) is 13.8 Å². The minimum Gasteiger partial charge on any atom is -0.389 e. The summed E-state index contributed by atoms with van der Waals surface area (Å²) in [7, 11) is -4.27. The van der Waals surface area contributed by atoms with Gasteiger partial charge in [-0.1, -0.05) is 5.16 Å². The second-order valence-electron chi connectivity index (χ2n) is 5.89. The molecule has 1 N–H and O–H groups in total. The van der Waals surface area contributed by atoms with Crippen LogP contribution in [0.3, 0.4) is 0 Å². The first kappa shape index (κ1) is 18.6. The predicted octanol–water partition coefficient (Wildman–Crippen LogP) is 2.66. The molecule has 24 heavy (non-hydrogen) atoms. The van der Waals surface area contributed by atoms with Gasteiger partial charge in [0.2, 0.25) is 6.43 Å². The van der Waals surface area contributed by atoms with Gasteiger partial charge in [-0.15, -0.1) is 0 Å². The van der Waals surface area contributed by atoms with Crippen LogP contribution in [0.2, 0.25) is 0 Å². The first-order valence-corrected chi connectivity index (χ1v) is 8.36. The van der Waals surface area contributed by atoms with Gasteiger partial charge in [0.25, 0.3) is 0 Å². The largest absolute Gasteiger partial charge is 0.435 e. The third kappa shape index (κ3) is 4.02. The number of H-pyrrole nitrogens is 1. The highest BCUT2D eigenvalue weighted by Gasteiger charge is 2.42. The summed E-state index contributed by atoms with van der Waals surface area (Å²) in [5.74, 6) is -1.14. The minimum absolute atomic E-state index is 0.126. The molecule has 6 nitrogen and oxygen atoms in total. The van der Waals surface area contributed by atoms with E-state index in [-0.39, 0.29) is 6.42 Å². The Morgan fingerprint density at radius 2 is 1.96 bits per heavy atom. The first-order valence-electron chi connectivity index (χ1n) is 6.71. The zero-order chi connectivity index (χ0) is 18.3. The van der Waals surface area contributed by atoms with Gasteiger partial charge in [0.1, 0.15) is 5.60 Å². The van der Waals surface area contributed by atoms with Gasteiger partial charge in [-0.05, 0) is 13.8 Å². The molecule has 12 heteroatoms. The SMILES string of the molecule is CC1(C)CC(S(=O)(=O)Cc2c(C(F)(F)F)n[nH]c2CC(F)F)=NO1. The topological polar surface area (TPSA) is 84.4 Å². The standard InChI is InChI=1S/C12H14F5N3O3S/c1-11(2)4-9(20-23-11)24(21,22)5-6-7(3-8(13)14)18-19-10(6)12(15,16)17/h8H,3-5H2,1-2H3,(H,18,19). The van der Waals surface area contributed by atoms with Gasteiger partial charge in [0, 0.05) is 17.7 Å². The molecule has 0 radical (unpaired) electrons. The molecule has 0 amide bonds. The zero-order valence-corrected chi connectivity index (χ0v) is 13.4. The van der Waals surface area contributed by atoms with Crippen LogP contribution in [-0.2, 0) is 33.0 Å². The van der Waals surface area contributed by atoms with Crippen LogP contribution < -0.4 is 0 Å². The molecule has 0 saturated carbocycles. The average molecular weight is 375 g/mol. The van der Waals surface area contributed by atoms with Crippen molar-refractivity contribution in [2.45, 2.75) is 50.6 Å². The molecule has 0 atom stereocenters. The second kappa shape index (κ2) is 5.97. The smallest absolute Gasteiger partial charge is 0.389 e. The molecule has 0 spiro atoms. The van der Waals surface area contributed by atoms with Crippen molar-refractivity contribution in [2.75, 3.05) is 0 Å². The quantitative estimate of drug-likeness (QED) is 0.820. The van der Waals surface area contributed by atoms with E-state index < -0.39 is 62.2 Å². The van der Waals surface area contributed by atoms with Crippen LogP contribution in [0, 0.1) is 0 Å². The van der Waals surface area contributed by atoms with E-state index in [2.05, 4.69) is 10.3 Å². The number of nitrogens with one attached hydrogen (secondary N) is 1. The number of sulfone groups is 1. The van der Waals surface area contributed by atoms with Crippen LogP contribution in [0.4, 0.5) is 22.0 Å². The maximum Gasteiger partial charge on any atom is 0.435 e. The summed E-state index contributed by atoms with van der Waals surface area (Å²) in [6.07, 6.45) is -9.13. The third-order valence-corrected chi connectivity index (χ3v) is 4.85. The fourth-order valence-corrected chi connectivity index (χ4v) is 3.73. The van der Waals surface area contributed by atoms with Crippen molar-refractivity contribution in [1.82, 2.24) is 10.2 Å². The minimum atomic E-state index is -4.98. The highest BCUT2D eigenvalue weighted by molar-refractivity contribution is 8.05. The fourth-order valence-electron chi connectivity index (χ4n) is 2.16. The molecule has 136 valence electrons. The summed E-state index contributed by atoms with van der Waals surface area (Å²) in [4.78, 5) is 4.89. The van der Waals surface area contributed by atoms with Crippen molar-refractivity contribution < 1.29 is 35.2 Å². The number of nitrogens with zero attached hydrogens (tertiary/aromatic N) is 2. The summed E-state index contributed by atoms with van der Waals surface area (Å²) >= 11 is 0. The van der Waals surface area contributed by atoms with Crippen LogP contribution in [-0.4, -0.2) is 35.7 Å². The monoisotopic (exact) mass is 375 g/mol.